The van der Waals surface area contributed by atoms with Crippen LogP contribution in [-0.2, 0) is 22.6 Å². The minimum atomic E-state index is 0.224. The summed E-state index contributed by atoms with van der Waals surface area (Å²) in [6, 6.07) is 19.8. The van der Waals surface area contributed by atoms with Gasteiger partial charge >= 0.3 is 0 Å². The third-order valence-corrected chi connectivity index (χ3v) is 6.94. The van der Waals surface area contributed by atoms with Crippen LogP contribution >= 0.6 is 0 Å². The average molecular weight is 450 g/mol. The number of morpholine rings is 2. The van der Waals surface area contributed by atoms with Gasteiger partial charge in [0.2, 0.25) is 0 Å². The Balaban J connectivity index is 1.23. The van der Waals surface area contributed by atoms with Gasteiger partial charge in [0.05, 0.1) is 32.0 Å². The number of nitrogens with zero attached hydrogens (tertiary/aromatic N) is 4. The summed E-state index contributed by atoms with van der Waals surface area (Å²) in [6.07, 6.45) is 0.224. The van der Waals surface area contributed by atoms with Crippen LogP contribution in [0.25, 0.3) is 0 Å². The minimum absolute atomic E-state index is 0.224. The first-order valence-corrected chi connectivity index (χ1v) is 12.1. The van der Waals surface area contributed by atoms with E-state index in [0.29, 0.717) is 6.04 Å². The number of nitrogens with one attached hydrogen (secondary N) is 1. The summed E-state index contributed by atoms with van der Waals surface area (Å²) >= 11 is 0. The summed E-state index contributed by atoms with van der Waals surface area (Å²) in [5.41, 5.74) is 3.94. The van der Waals surface area contributed by atoms with E-state index in [4.69, 9.17) is 9.47 Å². The van der Waals surface area contributed by atoms with Crippen molar-refractivity contribution in [2.75, 3.05) is 64.5 Å². The maximum atomic E-state index is 6.17. The second-order valence-electron chi connectivity index (χ2n) is 8.97. The molecule has 1 N–H and O–H groups in total. The molecule has 3 fully saturated rings. The lowest BCUT2D eigenvalue weighted by Gasteiger charge is -2.36. The van der Waals surface area contributed by atoms with Crippen molar-refractivity contribution >= 4 is 11.6 Å². The zero-order valence-corrected chi connectivity index (χ0v) is 19.5. The Morgan fingerprint density at radius 1 is 0.970 bits per heavy atom. The molecule has 33 heavy (non-hydrogen) atoms. The van der Waals surface area contributed by atoms with Crippen LogP contribution in [0.3, 0.4) is 0 Å². The van der Waals surface area contributed by atoms with Gasteiger partial charge in [0.15, 0.2) is 5.96 Å². The normalized spacial score (nSPS) is 24.1. The smallest absolute Gasteiger partial charge is 0.194 e. The van der Waals surface area contributed by atoms with E-state index >= 15 is 0 Å². The predicted molar refractivity (Wildman–Crippen MR) is 132 cm³/mol. The second kappa shape index (κ2) is 10.5. The van der Waals surface area contributed by atoms with Crippen LogP contribution in [0.1, 0.15) is 11.1 Å². The molecular weight excluding hydrogens is 414 g/mol. The molecule has 3 heterocycles. The van der Waals surface area contributed by atoms with Gasteiger partial charge in [0.25, 0.3) is 0 Å². The molecule has 0 amide bonds. The molecule has 176 valence electrons. The molecule has 0 spiro atoms. The molecule has 3 aliphatic heterocycles. The quantitative estimate of drug-likeness (QED) is 0.558. The summed E-state index contributed by atoms with van der Waals surface area (Å²) in [5, 5.41) is 3.63. The molecule has 0 aromatic heterocycles. The molecule has 5 rings (SSSR count). The molecule has 3 saturated heterocycles. The third-order valence-electron chi connectivity index (χ3n) is 6.94. The fraction of sp³-hybridized carbons (Fsp3) is 0.500. The van der Waals surface area contributed by atoms with E-state index < -0.39 is 0 Å². The van der Waals surface area contributed by atoms with Crippen molar-refractivity contribution < 1.29 is 9.47 Å². The van der Waals surface area contributed by atoms with Crippen molar-refractivity contribution in [2.24, 2.45) is 4.99 Å². The van der Waals surface area contributed by atoms with E-state index in [1.54, 1.807) is 0 Å². The molecule has 2 aromatic carbocycles. The number of hydrogen-bond donors (Lipinski definition) is 1. The lowest BCUT2D eigenvalue weighted by atomic mass is 10.1. The number of fused-ring (bicyclic) bond motifs is 1. The molecule has 0 saturated carbocycles. The highest BCUT2D eigenvalue weighted by atomic mass is 16.5. The van der Waals surface area contributed by atoms with Crippen molar-refractivity contribution in [2.45, 2.75) is 25.2 Å². The Morgan fingerprint density at radius 2 is 1.76 bits per heavy atom. The van der Waals surface area contributed by atoms with Gasteiger partial charge in [-0.3, -0.25) is 9.89 Å². The number of hydrogen-bond acceptors (Lipinski definition) is 5. The molecule has 2 aromatic rings. The average Bonchev–Trinajstić information content (AvgIpc) is 3.31. The first kappa shape index (κ1) is 22.2. The van der Waals surface area contributed by atoms with Crippen LogP contribution < -0.4 is 10.2 Å². The van der Waals surface area contributed by atoms with E-state index in [2.05, 4.69) is 79.6 Å². The van der Waals surface area contributed by atoms with Crippen LogP contribution in [0.5, 0.6) is 0 Å². The van der Waals surface area contributed by atoms with Gasteiger partial charge in [0, 0.05) is 58.5 Å². The molecule has 7 heteroatoms. The Labute approximate surface area is 197 Å². The number of guanidine groups is 1. The van der Waals surface area contributed by atoms with E-state index in [1.807, 2.05) is 7.05 Å². The van der Waals surface area contributed by atoms with Gasteiger partial charge in [0.1, 0.15) is 0 Å². The summed E-state index contributed by atoms with van der Waals surface area (Å²) in [4.78, 5) is 12.0. The van der Waals surface area contributed by atoms with Crippen LogP contribution in [0.2, 0.25) is 0 Å². The van der Waals surface area contributed by atoms with Crippen molar-refractivity contribution in [1.29, 1.82) is 0 Å². The molecule has 3 aliphatic rings. The van der Waals surface area contributed by atoms with Gasteiger partial charge in [-0.15, -0.1) is 0 Å². The highest BCUT2D eigenvalue weighted by molar-refractivity contribution is 5.80. The number of rotatable bonds is 5. The van der Waals surface area contributed by atoms with E-state index in [9.17, 15) is 0 Å². The summed E-state index contributed by atoms with van der Waals surface area (Å²) in [6.45, 7) is 8.76. The molecule has 0 bridgehead atoms. The Kier molecular flexibility index (Phi) is 7.09. The highest BCUT2D eigenvalue weighted by Crippen LogP contribution is 2.25. The number of ether oxygens (including phenoxy) is 2. The predicted octanol–water partition coefficient (Wildman–Crippen LogP) is 2.18. The van der Waals surface area contributed by atoms with Gasteiger partial charge in [-0.05, 0) is 17.2 Å². The lowest BCUT2D eigenvalue weighted by molar-refractivity contribution is -0.0502. The zero-order chi connectivity index (χ0) is 22.5. The largest absolute Gasteiger partial charge is 0.378 e. The maximum absolute atomic E-state index is 6.17. The van der Waals surface area contributed by atoms with E-state index in [0.717, 1.165) is 71.6 Å². The fourth-order valence-corrected chi connectivity index (χ4v) is 5.23. The van der Waals surface area contributed by atoms with Crippen molar-refractivity contribution in [3.63, 3.8) is 0 Å². The third kappa shape index (κ3) is 5.16. The van der Waals surface area contributed by atoms with E-state index in [1.165, 1.54) is 16.8 Å². The number of aliphatic imine (C=N–C) groups is 1. The maximum Gasteiger partial charge on any atom is 0.194 e. The number of para-hydroxylation sites is 1. The minimum Gasteiger partial charge on any atom is -0.378 e. The molecule has 2 atom stereocenters. The number of anilines is 1. The number of benzene rings is 2. The zero-order valence-electron chi connectivity index (χ0n) is 19.5. The topological polar surface area (TPSA) is 52.6 Å². The molecule has 0 radical (unpaired) electrons. The molecule has 0 aliphatic carbocycles. The first-order valence-electron chi connectivity index (χ1n) is 12.1. The second-order valence-corrected chi connectivity index (χ2v) is 8.97. The van der Waals surface area contributed by atoms with Crippen molar-refractivity contribution in [3.8, 4) is 0 Å². The van der Waals surface area contributed by atoms with Gasteiger partial charge in [-0.1, -0.05) is 48.5 Å². The SMILES string of the molecule is CN=C(NCc1ccccc1N1CCOCC1)N1CC2OCCN(Cc3ccccc3)C2C1. The number of likely N-dealkylation sites (tertiary alicyclic amines) is 1. The van der Waals surface area contributed by atoms with Crippen LogP contribution in [0.4, 0.5) is 5.69 Å². The first-order chi connectivity index (χ1) is 16.3. The standard InChI is InChI=1S/C26H35N5O2/c1-27-26(28-17-22-9-5-6-10-23(22)29-11-14-32-15-12-29)31-19-24-25(20-31)33-16-13-30(24)18-21-7-3-2-4-8-21/h2-10,24-25H,11-20H2,1H3,(H,27,28). The Morgan fingerprint density at radius 3 is 2.58 bits per heavy atom. The highest BCUT2D eigenvalue weighted by Gasteiger charge is 2.41. The Bertz CT molecular complexity index is 931. The fourth-order valence-electron chi connectivity index (χ4n) is 5.23. The molecule has 7 nitrogen and oxygen atoms in total. The molecular formula is C26H35N5O2. The summed E-state index contributed by atoms with van der Waals surface area (Å²) < 4.78 is 11.7. The van der Waals surface area contributed by atoms with Gasteiger partial charge in [-0.25, -0.2) is 0 Å². The summed E-state index contributed by atoms with van der Waals surface area (Å²) in [7, 11) is 1.88. The van der Waals surface area contributed by atoms with Crippen molar-refractivity contribution in [1.82, 2.24) is 15.1 Å². The Hall–Kier alpha value is -2.61. The lowest BCUT2D eigenvalue weighted by Crippen LogP contribution is -2.50. The van der Waals surface area contributed by atoms with E-state index in [-0.39, 0.29) is 6.10 Å². The van der Waals surface area contributed by atoms with Crippen LogP contribution in [0, 0.1) is 0 Å². The van der Waals surface area contributed by atoms with Crippen LogP contribution in [0.15, 0.2) is 59.6 Å². The van der Waals surface area contributed by atoms with Gasteiger partial charge < -0.3 is 24.6 Å². The molecule has 2 unspecified atom stereocenters. The van der Waals surface area contributed by atoms with Crippen molar-refractivity contribution in [3.05, 3.63) is 65.7 Å². The van der Waals surface area contributed by atoms with Gasteiger partial charge in [-0.2, -0.15) is 0 Å². The van der Waals surface area contributed by atoms with Crippen LogP contribution in [-0.4, -0.2) is 87.5 Å². The summed E-state index contributed by atoms with van der Waals surface area (Å²) in [5.74, 6) is 0.949. The monoisotopic (exact) mass is 449 g/mol.